The number of aryl methyl sites for hydroxylation is 1. The largest absolute Gasteiger partial charge is 0.351 e. The van der Waals surface area contributed by atoms with Crippen molar-refractivity contribution in [2.75, 3.05) is 5.32 Å². The van der Waals surface area contributed by atoms with Crippen molar-refractivity contribution < 1.29 is 4.79 Å². The Morgan fingerprint density at radius 3 is 2.72 bits per heavy atom. The fourth-order valence-corrected chi connectivity index (χ4v) is 3.58. The zero-order valence-corrected chi connectivity index (χ0v) is 15.1. The highest BCUT2D eigenvalue weighted by molar-refractivity contribution is 6.32. The maximum atomic E-state index is 11.4. The normalized spacial score (nSPS) is 18.6. The average molecular weight is 360 g/mol. The number of carbonyl (C=O) groups excluding carboxylic acids is 1. The fourth-order valence-electron chi connectivity index (χ4n) is 3.39. The second kappa shape index (κ2) is 6.75. The Bertz CT molecular complexity index is 789. The van der Waals surface area contributed by atoms with Crippen LogP contribution in [0, 0.1) is 5.92 Å². The zero-order valence-electron chi connectivity index (χ0n) is 14.3. The van der Waals surface area contributed by atoms with E-state index in [1.807, 2.05) is 17.9 Å². The quantitative estimate of drug-likeness (QED) is 0.885. The maximum absolute atomic E-state index is 11.4. The number of hydrogen-bond acceptors (Lipinski definition) is 5. The van der Waals surface area contributed by atoms with Crippen LogP contribution in [0.3, 0.4) is 0 Å². The Morgan fingerprint density at radius 2 is 2.00 bits per heavy atom. The zero-order chi connectivity index (χ0) is 17.4. The summed E-state index contributed by atoms with van der Waals surface area (Å²) in [6.45, 7) is 0. The summed E-state index contributed by atoms with van der Waals surface area (Å²) >= 11 is 6.39. The smallest absolute Gasteiger partial charge is 0.223 e. The highest BCUT2D eigenvalue weighted by atomic mass is 35.5. The van der Waals surface area contributed by atoms with Gasteiger partial charge < -0.3 is 5.32 Å². The molecule has 0 unspecified atom stereocenters. The molecule has 0 bridgehead atoms. The molecule has 6 nitrogen and oxygen atoms in total. The molecule has 2 saturated carbocycles. The van der Waals surface area contributed by atoms with Crippen LogP contribution in [0.1, 0.15) is 44.2 Å². The number of anilines is 1. The SMILES string of the molecule is Cn1ncc(-c2nc(NC3CCC(=O)CC3)ncc2Cl)c1CC1CC1. The van der Waals surface area contributed by atoms with E-state index >= 15 is 0 Å². The lowest BCUT2D eigenvalue weighted by Gasteiger charge is -2.22. The van der Waals surface area contributed by atoms with Crippen LogP contribution in [0.2, 0.25) is 5.02 Å². The molecule has 1 N–H and O–H groups in total. The molecule has 2 aliphatic rings. The summed E-state index contributed by atoms with van der Waals surface area (Å²) in [5.74, 6) is 1.67. The first-order valence-corrected chi connectivity index (χ1v) is 9.30. The molecule has 0 radical (unpaired) electrons. The van der Waals surface area contributed by atoms with Gasteiger partial charge in [0.25, 0.3) is 0 Å². The molecule has 132 valence electrons. The van der Waals surface area contributed by atoms with Gasteiger partial charge in [0, 0.05) is 37.2 Å². The van der Waals surface area contributed by atoms with Crippen LogP contribution in [0.15, 0.2) is 12.4 Å². The first-order chi connectivity index (χ1) is 12.1. The van der Waals surface area contributed by atoms with Crippen LogP contribution in [0.4, 0.5) is 5.95 Å². The van der Waals surface area contributed by atoms with Crippen LogP contribution >= 0.6 is 11.6 Å². The molecule has 2 aromatic heterocycles. The van der Waals surface area contributed by atoms with Gasteiger partial charge in [0.05, 0.1) is 23.1 Å². The lowest BCUT2D eigenvalue weighted by atomic mass is 9.94. The van der Waals surface area contributed by atoms with Crippen LogP contribution in [0.25, 0.3) is 11.3 Å². The fraction of sp³-hybridized carbons (Fsp3) is 0.556. The second-order valence-corrected chi connectivity index (χ2v) is 7.53. The molecule has 0 aliphatic heterocycles. The van der Waals surface area contributed by atoms with Gasteiger partial charge >= 0.3 is 0 Å². The summed E-state index contributed by atoms with van der Waals surface area (Å²) in [5.41, 5.74) is 2.90. The summed E-state index contributed by atoms with van der Waals surface area (Å²) in [5, 5.41) is 8.30. The van der Waals surface area contributed by atoms with Crippen molar-refractivity contribution in [2.24, 2.45) is 13.0 Å². The molecule has 0 saturated heterocycles. The summed E-state index contributed by atoms with van der Waals surface area (Å²) in [7, 11) is 1.97. The topological polar surface area (TPSA) is 72.7 Å². The van der Waals surface area contributed by atoms with Crippen molar-refractivity contribution in [3.63, 3.8) is 0 Å². The van der Waals surface area contributed by atoms with Crippen molar-refractivity contribution in [1.82, 2.24) is 19.7 Å². The Labute approximate surface area is 152 Å². The summed E-state index contributed by atoms with van der Waals surface area (Å²) < 4.78 is 1.92. The van der Waals surface area contributed by atoms with Crippen LogP contribution in [-0.4, -0.2) is 31.6 Å². The summed E-state index contributed by atoms with van der Waals surface area (Å²) in [4.78, 5) is 20.4. The van der Waals surface area contributed by atoms with Crippen molar-refractivity contribution in [3.05, 3.63) is 23.1 Å². The monoisotopic (exact) mass is 359 g/mol. The number of aromatic nitrogens is 4. The Balaban J connectivity index is 1.58. The van der Waals surface area contributed by atoms with Crippen LogP contribution < -0.4 is 5.32 Å². The van der Waals surface area contributed by atoms with Gasteiger partial charge in [0.15, 0.2) is 0 Å². The lowest BCUT2D eigenvalue weighted by Crippen LogP contribution is -2.27. The predicted octanol–water partition coefficient (Wildman–Crippen LogP) is 3.41. The number of halogens is 1. The molecule has 2 aliphatic carbocycles. The van der Waals surface area contributed by atoms with E-state index in [1.165, 1.54) is 18.5 Å². The number of ketones is 1. The third-order valence-corrected chi connectivity index (χ3v) is 5.39. The highest BCUT2D eigenvalue weighted by Crippen LogP contribution is 2.36. The third-order valence-electron chi connectivity index (χ3n) is 5.12. The van der Waals surface area contributed by atoms with E-state index in [-0.39, 0.29) is 6.04 Å². The van der Waals surface area contributed by atoms with Gasteiger partial charge in [-0.1, -0.05) is 11.6 Å². The van der Waals surface area contributed by atoms with E-state index in [1.54, 1.807) is 6.20 Å². The standard InChI is InChI=1S/C18H22ClN5O/c1-24-16(8-11-2-3-11)14(9-21-24)17-15(19)10-20-18(23-17)22-12-4-6-13(25)7-5-12/h9-12H,2-8H2,1H3,(H,20,22,23). The first kappa shape index (κ1) is 16.5. The summed E-state index contributed by atoms with van der Waals surface area (Å²) in [6.07, 6.45) is 10.0. The molecule has 4 rings (SSSR count). The molecule has 2 heterocycles. The Hall–Kier alpha value is -1.95. The van der Waals surface area contributed by atoms with E-state index in [2.05, 4.69) is 20.4 Å². The van der Waals surface area contributed by atoms with Gasteiger partial charge in [-0.3, -0.25) is 9.48 Å². The van der Waals surface area contributed by atoms with E-state index in [0.29, 0.717) is 29.6 Å². The van der Waals surface area contributed by atoms with Gasteiger partial charge in [-0.05, 0) is 38.0 Å². The molecular formula is C18H22ClN5O. The first-order valence-electron chi connectivity index (χ1n) is 8.92. The third kappa shape index (κ3) is 3.68. The number of rotatable bonds is 5. The van der Waals surface area contributed by atoms with Crippen molar-refractivity contribution >= 4 is 23.3 Å². The molecular weight excluding hydrogens is 338 g/mol. The second-order valence-electron chi connectivity index (χ2n) is 7.12. The maximum Gasteiger partial charge on any atom is 0.223 e. The number of Topliss-reactive ketones (excluding diaryl/α,β-unsaturated/α-hetero) is 1. The number of carbonyl (C=O) groups is 1. The minimum absolute atomic E-state index is 0.242. The van der Waals surface area contributed by atoms with Crippen LogP contribution in [-0.2, 0) is 18.3 Å². The van der Waals surface area contributed by atoms with Gasteiger partial charge in [0.2, 0.25) is 5.95 Å². The van der Waals surface area contributed by atoms with E-state index in [4.69, 9.17) is 11.6 Å². The van der Waals surface area contributed by atoms with E-state index < -0.39 is 0 Å². The molecule has 0 spiro atoms. The Morgan fingerprint density at radius 1 is 1.24 bits per heavy atom. The van der Waals surface area contributed by atoms with Crippen molar-refractivity contribution in [2.45, 2.75) is 51.0 Å². The van der Waals surface area contributed by atoms with Gasteiger partial charge in [-0.15, -0.1) is 0 Å². The van der Waals surface area contributed by atoms with Crippen molar-refractivity contribution in [3.8, 4) is 11.3 Å². The predicted molar refractivity (Wildman–Crippen MR) is 96.6 cm³/mol. The molecule has 2 aromatic rings. The molecule has 2 fully saturated rings. The van der Waals surface area contributed by atoms with Crippen LogP contribution in [0.5, 0.6) is 0 Å². The minimum atomic E-state index is 0.242. The molecule has 7 heteroatoms. The van der Waals surface area contributed by atoms with Gasteiger partial charge in [-0.2, -0.15) is 5.10 Å². The average Bonchev–Trinajstić information content (AvgIpc) is 3.35. The van der Waals surface area contributed by atoms with Gasteiger partial charge in [0.1, 0.15) is 5.78 Å². The van der Waals surface area contributed by atoms with Crippen molar-refractivity contribution in [1.29, 1.82) is 0 Å². The number of hydrogen-bond donors (Lipinski definition) is 1. The van der Waals surface area contributed by atoms with E-state index in [0.717, 1.165) is 36.4 Å². The lowest BCUT2D eigenvalue weighted by molar-refractivity contribution is -0.120. The minimum Gasteiger partial charge on any atom is -0.351 e. The Kier molecular flexibility index (Phi) is 4.46. The molecule has 0 aromatic carbocycles. The van der Waals surface area contributed by atoms with E-state index in [9.17, 15) is 4.79 Å². The molecule has 0 atom stereocenters. The summed E-state index contributed by atoms with van der Waals surface area (Å²) in [6, 6.07) is 0.242. The molecule has 25 heavy (non-hydrogen) atoms. The number of nitrogens with zero attached hydrogens (tertiary/aromatic N) is 4. The highest BCUT2D eigenvalue weighted by Gasteiger charge is 2.26. The molecule has 0 amide bonds. The number of nitrogens with one attached hydrogen (secondary N) is 1. The van der Waals surface area contributed by atoms with Gasteiger partial charge in [-0.25, -0.2) is 9.97 Å².